The summed E-state index contributed by atoms with van der Waals surface area (Å²) in [7, 11) is 1.14. The highest BCUT2D eigenvalue weighted by Crippen LogP contribution is 2.26. The fourth-order valence-corrected chi connectivity index (χ4v) is 5.14. The maximum atomic E-state index is 12.7. The number of anilines is 1. The van der Waals surface area contributed by atoms with Crippen LogP contribution in [0.4, 0.5) is 10.6 Å². The van der Waals surface area contributed by atoms with Crippen molar-refractivity contribution in [3.05, 3.63) is 35.7 Å². The predicted molar refractivity (Wildman–Crippen MR) is 153 cm³/mol. The molecule has 0 aliphatic carbocycles. The molecule has 12 nitrogen and oxygen atoms in total. The van der Waals surface area contributed by atoms with Gasteiger partial charge < -0.3 is 24.3 Å². The van der Waals surface area contributed by atoms with Crippen molar-refractivity contribution in [2.75, 3.05) is 45.8 Å². The molecule has 13 heteroatoms. The molecule has 218 valence electrons. The Balaban J connectivity index is 1.68. The molecule has 0 aromatic carbocycles. The number of carbonyl (C=O) groups excluding carboxylic acids is 1. The molecule has 0 saturated carbocycles. The van der Waals surface area contributed by atoms with E-state index >= 15 is 0 Å². The van der Waals surface area contributed by atoms with Gasteiger partial charge in [0, 0.05) is 39.4 Å². The summed E-state index contributed by atoms with van der Waals surface area (Å²) in [5.41, 5.74) is 2.59. The molecule has 1 saturated heterocycles. The SMILES string of the molecule is CC[C@H]1COCCN1c1cc(CS(=O)(=O)N(C)C)nc(-c2ccc3[nH]c(CN(C)C(=O)OC(C)(C)C)cc3n2)n1. The normalized spacial score (nSPS) is 16.5. The molecule has 1 N–H and O–H groups in total. The number of amides is 1. The lowest BCUT2D eigenvalue weighted by molar-refractivity contribution is 0.0283. The number of ether oxygens (including phenoxy) is 2. The maximum absolute atomic E-state index is 12.7. The van der Waals surface area contributed by atoms with Crippen LogP contribution in [0.2, 0.25) is 0 Å². The number of nitrogens with zero attached hydrogens (tertiary/aromatic N) is 6. The Hall–Kier alpha value is -3.29. The lowest BCUT2D eigenvalue weighted by Crippen LogP contribution is -2.45. The van der Waals surface area contributed by atoms with E-state index in [0.29, 0.717) is 54.9 Å². The smallest absolute Gasteiger partial charge is 0.410 e. The molecule has 1 aliphatic heterocycles. The number of aromatic nitrogens is 4. The first-order valence-electron chi connectivity index (χ1n) is 13.3. The average Bonchev–Trinajstić information content (AvgIpc) is 3.28. The van der Waals surface area contributed by atoms with E-state index in [1.54, 1.807) is 19.2 Å². The van der Waals surface area contributed by atoms with E-state index in [1.807, 2.05) is 32.9 Å². The topological polar surface area (TPSA) is 134 Å². The van der Waals surface area contributed by atoms with Gasteiger partial charge in [-0.25, -0.2) is 32.5 Å². The van der Waals surface area contributed by atoms with E-state index in [0.717, 1.165) is 17.6 Å². The zero-order valence-corrected chi connectivity index (χ0v) is 25.1. The number of hydrogen-bond acceptors (Lipinski definition) is 9. The number of morpholine rings is 1. The summed E-state index contributed by atoms with van der Waals surface area (Å²) in [6.07, 6.45) is 0.442. The number of rotatable bonds is 8. The third-order valence-electron chi connectivity index (χ3n) is 6.52. The van der Waals surface area contributed by atoms with Crippen molar-refractivity contribution < 1.29 is 22.7 Å². The number of aromatic amines is 1. The van der Waals surface area contributed by atoms with Gasteiger partial charge >= 0.3 is 6.09 Å². The summed E-state index contributed by atoms with van der Waals surface area (Å²) in [5, 5.41) is 0. The van der Waals surface area contributed by atoms with Crippen LogP contribution in [0.15, 0.2) is 24.3 Å². The van der Waals surface area contributed by atoms with Crippen molar-refractivity contribution in [1.29, 1.82) is 0 Å². The summed E-state index contributed by atoms with van der Waals surface area (Å²) in [6, 6.07) is 7.43. The highest BCUT2D eigenvalue weighted by Gasteiger charge is 2.26. The van der Waals surface area contributed by atoms with Crippen LogP contribution in [0.5, 0.6) is 0 Å². The van der Waals surface area contributed by atoms with E-state index in [2.05, 4.69) is 21.8 Å². The minimum atomic E-state index is -3.55. The fourth-order valence-electron chi connectivity index (χ4n) is 4.36. The number of nitrogens with one attached hydrogen (secondary N) is 1. The second-order valence-electron chi connectivity index (χ2n) is 11.2. The zero-order valence-electron chi connectivity index (χ0n) is 24.3. The second-order valence-corrected chi connectivity index (χ2v) is 13.4. The first-order valence-corrected chi connectivity index (χ1v) is 14.9. The van der Waals surface area contributed by atoms with Gasteiger partial charge in [0.1, 0.15) is 22.9 Å². The highest BCUT2D eigenvalue weighted by molar-refractivity contribution is 7.88. The van der Waals surface area contributed by atoms with Gasteiger partial charge in [0.2, 0.25) is 10.0 Å². The number of fused-ring (bicyclic) bond motifs is 1. The molecule has 1 amide bonds. The molecule has 0 unspecified atom stereocenters. The molecule has 4 rings (SSSR count). The number of sulfonamides is 1. The van der Waals surface area contributed by atoms with E-state index in [1.165, 1.54) is 23.3 Å². The average molecular weight is 574 g/mol. The molecule has 3 aromatic heterocycles. The third kappa shape index (κ3) is 7.07. The minimum absolute atomic E-state index is 0.124. The molecular formula is C27H39N7O5S. The molecule has 3 aromatic rings. The maximum Gasteiger partial charge on any atom is 0.410 e. The molecule has 40 heavy (non-hydrogen) atoms. The van der Waals surface area contributed by atoms with Crippen LogP contribution in [-0.4, -0.2) is 96.2 Å². The van der Waals surface area contributed by atoms with Crippen molar-refractivity contribution >= 4 is 33.0 Å². The van der Waals surface area contributed by atoms with Crippen molar-refractivity contribution in [3.63, 3.8) is 0 Å². The van der Waals surface area contributed by atoms with Crippen LogP contribution in [0.1, 0.15) is 45.5 Å². The summed E-state index contributed by atoms with van der Waals surface area (Å²) in [4.78, 5) is 33.6. The van der Waals surface area contributed by atoms with E-state index in [9.17, 15) is 13.2 Å². The van der Waals surface area contributed by atoms with Crippen LogP contribution in [-0.2, 0) is 31.8 Å². The Bertz CT molecular complexity index is 1470. The van der Waals surface area contributed by atoms with Crippen LogP contribution in [0, 0.1) is 0 Å². The van der Waals surface area contributed by atoms with Gasteiger partial charge in [0.15, 0.2) is 5.82 Å². The minimum Gasteiger partial charge on any atom is -0.444 e. The van der Waals surface area contributed by atoms with Crippen LogP contribution in [0.3, 0.4) is 0 Å². The van der Waals surface area contributed by atoms with Gasteiger partial charge in [-0.05, 0) is 45.4 Å². The Morgan fingerprint density at radius 3 is 2.60 bits per heavy atom. The van der Waals surface area contributed by atoms with Gasteiger partial charge in [-0.2, -0.15) is 0 Å². The first kappa shape index (κ1) is 29.7. The van der Waals surface area contributed by atoms with Crippen molar-refractivity contribution in [2.45, 2.75) is 58.1 Å². The lowest BCUT2D eigenvalue weighted by atomic mass is 10.1. The quantitative estimate of drug-likeness (QED) is 0.430. The second kappa shape index (κ2) is 11.7. The van der Waals surface area contributed by atoms with Gasteiger partial charge in [-0.3, -0.25) is 0 Å². The summed E-state index contributed by atoms with van der Waals surface area (Å²) in [5.74, 6) is 0.745. The Labute approximate surface area is 235 Å². The molecule has 1 aliphatic rings. The standard InChI is InChI=1S/C27H39N7O5S/c1-8-20-16-38-12-11-34(20)24-14-19(17-40(36,37)32(5)6)29-25(31-24)22-10-9-21-23(30-22)13-18(28-21)15-33(7)26(35)39-27(2,3)4/h9-10,13-14,20,28H,8,11-12,15-17H2,1-7H3/t20-/m0/s1. The lowest BCUT2D eigenvalue weighted by Gasteiger charge is -2.36. The molecular weight excluding hydrogens is 534 g/mol. The summed E-state index contributed by atoms with van der Waals surface area (Å²) in [6.45, 7) is 9.67. The molecule has 1 fully saturated rings. The van der Waals surface area contributed by atoms with Gasteiger partial charge in [0.05, 0.1) is 42.5 Å². The number of hydrogen-bond donors (Lipinski definition) is 1. The monoisotopic (exact) mass is 573 g/mol. The number of carbonyl (C=O) groups is 1. The van der Waals surface area contributed by atoms with E-state index in [-0.39, 0.29) is 11.8 Å². The first-order chi connectivity index (χ1) is 18.8. The zero-order chi connectivity index (χ0) is 29.2. The van der Waals surface area contributed by atoms with E-state index < -0.39 is 21.7 Å². The van der Waals surface area contributed by atoms with Crippen LogP contribution >= 0.6 is 0 Å². The molecule has 0 radical (unpaired) electrons. The van der Waals surface area contributed by atoms with Crippen LogP contribution in [0.25, 0.3) is 22.6 Å². The Morgan fingerprint density at radius 2 is 1.93 bits per heavy atom. The van der Waals surface area contributed by atoms with Crippen molar-refractivity contribution in [2.24, 2.45) is 0 Å². The highest BCUT2D eigenvalue weighted by atomic mass is 32.2. The van der Waals surface area contributed by atoms with Crippen molar-refractivity contribution in [3.8, 4) is 11.5 Å². The fraction of sp³-hybridized carbons (Fsp3) is 0.556. The number of pyridine rings is 1. The molecule has 0 spiro atoms. The van der Waals surface area contributed by atoms with Gasteiger partial charge in [-0.15, -0.1) is 0 Å². The third-order valence-corrected chi connectivity index (χ3v) is 8.29. The molecule has 0 bridgehead atoms. The van der Waals surface area contributed by atoms with E-state index in [4.69, 9.17) is 19.4 Å². The predicted octanol–water partition coefficient (Wildman–Crippen LogP) is 3.39. The van der Waals surface area contributed by atoms with Gasteiger partial charge in [0.25, 0.3) is 0 Å². The molecule has 4 heterocycles. The summed E-state index contributed by atoms with van der Waals surface area (Å²) >= 11 is 0. The Morgan fingerprint density at radius 1 is 1.18 bits per heavy atom. The van der Waals surface area contributed by atoms with Crippen molar-refractivity contribution in [1.82, 2.24) is 29.1 Å². The van der Waals surface area contributed by atoms with Gasteiger partial charge in [-0.1, -0.05) is 6.92 Å². The molecule has 1 atom stereocenters. The number of H-pyrrole nitrogens is 1. The largest absolute Gasteiger partial charge is 0.444 e. The Kier molecular flexibility index (Phi) is 8.66. The van der Waals surface area contributed by atoms with Crippen LogP contribution < -0.4 is 4.90 Å². The summed E-state index contributed by atoms with van der Waals surface area (Å²) < 4.78 is 37.7.